The highest BCUT2D eigenvalue weighted by atomic mass is 32.2. The summed E-state index contributed by atoms with van der Waals surface area (Å²) in [5, 5.41) is 2.15. The molecule has 0 aliphatic carbocycles. The highest BCUT2D eigenvalue weighted by molar-refractivity contribution is 7.89. The summed E-state index contributed by atoms with van der Waals surface area (Å²) < 4.78 is 42.7. The van der Waals surface area contributed by atoms with Crippen LogP contribution in [0.2, 0.25) is 0 Å². The molecule has 1 aliphatic heterocycles. The molecule has 1 aliphatic rings. The van der Waals surface area contributed by atoms with Gasteiger partial charge in [-0.15, -0.1) is 11.3 Å². The molecule has 0 atom stereocenters. The molecule has 0 radical (unpaired) electrons. The third-order valence-corrected chi connectivity index (χ3v) is 7.86. The maximum absolute atomic E-state index is 12.8. The molecule has 0 bridgehead atoms. The van der Waals surface area contributed by atoms with Gasteiger partial charge in [-0.3, -0.25) is 0 Å². The molecule has 8 nitrogen and oxygen atoms in total. The van der Waals surface area contributed by atoms with Gasteiger partial charge in [-0.1, -0.05) is 0 Å². The van der Waals surface area contributed by atoms with E-state index in [9.17, 15) is 18.0 Å². The van der Waals surface area contributed by atoms with E-state index in [-0.39, 0.29) is 16.4 Å². The highest BCUT2D eigenvalue weighted by Gasteiger charge is 2.32. The molecular weight excluding hydrogens is 430 g/mol. The van der Waals surface area contributed by atoms with Crippen molar-refractivity contribution in [1.82, 2.24) is 4.31 Å². The molecule has 3 heterocycles. The van der Waals surface area contributed by atoms with E-state index in [4.69, 9.17) is 13.9 Å². The first kappa shape index (κ1) is 20.6. The zero-order valence-corrected chi connectivity index (χ0v) is 17.8. The summed E-state index contributed by atoms with van der Waals surface area (Å²) in [6.45, 7) is 0.693. The minimum Gasteiger partial charge on any atom is -0.497 e. The number of sulfonamides is 1. The van der Waals surface area contributed by atoms with Crippen molar-refractivity contribution in [3.05, 3.63) is 56.6 Å². The van der Waals surface area contributed by atoms with Gasteiger partial charge >= 0.3 is 11.6 Å². The lowest BCUT2D eigenvalue weighted by Crippen LogP contribution is -2.28. The number of carbonyl (C=O) groups is 1. The van der Waals surface area contributed by atoms with E-state index in [1.165, 1.54) is 23.5 Å². The van der Waals surface area contributed by atoms with Crippen LogP contribution >= 0.6 is 11.3 Å². The molecule has 158 valence electrons. The number of carbonyl (C=O) groups excluding carboxylic acids is 1. The molecule has 30 heavy (non-hydrogen) atoms. The Morgan fingerprint density at radius 1 is 1.20 bits per heavy atom. The van der Waals surface area contributed by atoms with Crippen LogP contribution in [0.5, 0.6) is 5.75 Å². The predicted molar refractivity (Wildman–Crippen MR) is 110 cm³/mol. The molecule has 0 amide bonds. The smallest absolute Gasteiger partial charge is 0.350 e. The molecule has 0 N–H and O–H groups in total. The summed E-state index contributed by atoms with van der Waals surface area (Å²) in [6, 6.07) is 7.65. The van der Waals surface area contributed by atoms with E-state index in [1.54, 1.807) is 23.6 Å². The molecule has 10 heteroatoms. The quantitative estimate of drug-likeness (QED) is 0.421. The summed E-state index contributed by atoms with van der Waals surface area (Å²) >= 11 is 1.01. The normalized spacial score (nSPS) is 14.8. The van der Waals surface area contributed by atoms with Crippen LogP contribution in [0.4, 0.5) is 0 Å². The van der Waals surface area contributed by atoms with Crippen molar-refractivity contribution in [3.63, 3.8) is 0 Å². The van der Waals surface area contributed by atoms with Gasteiger partial charge in [0.25, 0.3) is 0 Å². The van der Waals surface area contributed by atoms with Crippen molar-refractivity contribution < 1.29 is 27.1 Å². The zero-order chi connectivity index (χ0) is 21.3. The number of fused-ring (bicyclic) bond motifs is 1. The predicted octanol–water partition coefficient (Wildman–Crippen LogP) is 3.00. The largest absolute Gasteiger partial charge is 0.497 e. The Kier molecular flexibility index (Phi) is 5.63. The first-order valence-electron chi connectivity index (χ1n) is 9.25. The van der Waals surface area contributed by atoms with Crippen molar-refractivity contribution in [1.29, 1.82) is 0 Å². The number of esters is 1. The molecule has 0 spiro atoms. The van der Waals surface area contributed by atoms with Crippen LogP contribution in [-0.2, 0) is 21.4 Å². The first-order chi connectivity index (χ1) is 14.4. The molecule has 2 aromatic heterocycles. The number of hydrogen-bond acceptors (Lipinski definition) is 8. The number of nitrogens with zero attached hydrogens (tertiary/aromatic N) is 1. The maximum atomic E-state index is 12.8. The maximum Gasteiger partial charge on any atom is 0.350 e. The van der Waals surface area contributed by atoms with Crippen LogP contribution in [0.25, 0.3) is 11.0 Å². The second kappa shape index (κ2) is 8.21. The van der Waals surface area contributed by atoms with Crippen molar-refractivity contribution in [2.45, 2.75) is 24.3 Å². The van der Waals surface area contributed by atoms with Gasteiger partial charge < -0.3 is 13.9 Å². The summed E-state index contributed by atoms with van der Waals surface area (Å²) in [5.74, 6) is -0.229. The molecule has 1 fully saturated rings. The van der Waals surface area contributed by atoms with Crippen molar-refractivity contribution >= 4 is 38.3 Å². The fraction of sp³-hybridized carbons (Fsp3) is 0.300. The van der Waals surface area contributed by atoms with Crippen molar-refractivity contribution in [3.8, 4) is 5.75 Å². The van der Waals surface area contributed by atoms with Gasteiger partial charge in [0.15, 0.2) is 0 Å². The lowest BCUT2D eigenvalue weighted by molar-refractivity contribution is 0.0475. The van der Waals surface area contributed by atoms with Gasteiger partial charge in [0.1, 0.15) is 27.7 Å². The Labute approximate surface area is 176 Å². The van der Waals surface area contributed by atoms with Crippen molar-refractivity contribution in [2.24, 2.45) is 0 Å². The summed E-state index contributed by atoms with van der Waals surface area (Å²) in [7, 11) is -2.24. The Morgan fingerprint density at radius 3 is 2.70 bits per heavy atom. The fourth-order valence-electron chi connectivity index (χ4n) is 3.38. The van der Waals surface area contributed by atoms with E-state index in [2.05, 4.69) is 0 Å². The number of methoxy groups -OCH3 is 1. The van der Waals surface area contributed by atoms with Gasteiger partial charge in [-0.25, -0.2) is 18.0 Å². The monoisotopic (exact) mass is 449 g/mol. The molecule has 1 aromatic carbocycles. The van der Waals surface area contributed by atoms with Gasteiger partial charge in [0.05, 0.1) is 7.11 Å². The first-order valence-corrected chi connectivity index (χ1v) is 11.6. The van der Waals surface area contributed by atoms with Gasteiger partial charge in [0.2, 0.25) is 10.0 Å². The Hall–Kier alpha value is -2.69. The third-order valence-electron chi connectivity index (χ3n) is 4.89. The van der Waals surface area contributed by atoms with Crippen molar-refractivity contribution in [2.75, 3.05) is 20.2 Å². The zero-order valence-electron chi connectivity index (χ0n) is 16.1. The van der Waals surface area contributed by atoms with Gasteiger partial charge in [0, 0.05) is 36.2 Å². The molecule has 0 unspecified atom stereocenters. The van der Waals surface area contributed by atoms with E-state index >= 15 is 0 Å². The molecule has 1 saturated heterocycles. The lowest BCUT2D eigenvalue weighted by atomic mass is 10.1. The van der Waals surface area contributed by atoms with Crippen LogP contribution < -0.4 is 10.4 Å². The topological polar surface area (TPSA) is 103 Å². The Balaban J connectivity index is 1.58. The minimum absolute atomic E-state index is 0.0239. The molecule has 4 rings (SSSR count). The summed E-state index contributed by atoms with van der Waals surface area (Å²) in [6.07, 6.45) is 1.61. The standard InChI is InChI=1S/C20H19NO7S2/c1-26-14-4-5-15-13(10-18(22)28-16(15)11-14)12-27-20(23)19-17(6-9-29-19)30(24,25)21-7-2-3-8-21/h4-6,9-11H,2-3,7-8,12H2,1H3. The number of thiophene rings is 1. The SMILES string of the molecule is COc1ccc2c(COC(=O)c3sccc3S(=O)(=O)N3CCCC3)cc(=O)oc2c1. The van der Waals surface area contributed by atoms with Gasteiger partial charge in [-0.2, -0.15) is 4.31 Å². The molecule has 0 saturated carbocycles. The van der Waals surface area contributed by atoms with Crippen LogP contribution in [-0.4, -0.2) is 38.9 Å². The molecule has 3 aromatic rings. The van der Waals surface area contributed by atoms with Crippen LogP contribution in [0, 0.1) is 0 Å². The van der Waals surface area contributed by atoms with E-state index in [1.807, 2.05) is 0 Å². The Morgan fingerprint density at radius 2 is 1.97 bits per heavy atom. The van der Waals surface area contributed by atoms with E-state index in [0.29, 0.717) is 35.4 Å². The number of benzene rings is 1. The summed E-state index contributed by atoms with van der Waals surface area (Å²) in [4.78, 5) is 24.5. The number of ether oxygens (including phenoxy) is 2. The third kappa shape index (κ3) is 3.85. The average Bonchev–Trinajstić information content (AvgIpc) is 3.43. The Bertz CT molecular complexity index is 1250. The highest BCUT2D eigenvalue weighted by Crippen LogP contribution is 2.29. The second-order valence-electron chi connectivity index (χ2n) is 6.75. The van der Waals surface area contributed by atoms with Crippen LogP contribution in [0.3, 0.4) is 0 Å². The van der Waals surface area contributed by atoms with Crippen LogP contribution in [0.1, 0.15) is 28.1 Å². The van der Waals surface area contributed by atoms with Gasteiger partial charge in [-0.05, 0) is 36.4 Å². The van der Waals surface area contributed by atoms with E-state index in [0.717, 1.165) is 24.2 Å². The number of rotatable bonds is 6. The minimum atomic E-state index is -3.74. The number of hydrogen-bond donors (Lipinski definition) is 0. The fourth-order valence-corrected chi connectivity index (χ4v) is 6.18. The lowest BCUT2D eigenvalue weighted by Gasteiger charge is -2.15. The molecular formula is C20H19NO7S2. The average molecular weight is 450 g/mol. The van der Waals surface area contributed by atoms with E-state index < -0.39 is 21.6 Å². The second-order valence-corrected chi connectivity index (χ2v) is 9.58. The summed E-state index contributed by atoms with van der Waals surface area (Å²) in [5.41, 5.74) is 0.175. The van der Waals surface area contributed by atoms with Crippen LogP contribution in [0.15, 0.2) is 49.8 Å².